The van der Waals surface area contributed by atoms with E-state index in [-0.39, 0.29) is 12.3 Å². The molecule has 1 heterocycles. The molecule has 0 aliphatic heterocycles. The molecule has 3 aromatic rings. The third kappa shape index (κ3) is 5.16. The van der Waals surface area contributed by atoms with E-state index in [9.17, 15) is 9.59 Å². The molecule has 0 unspecified atom stereocenters. The van der Waals surface area contributed by atoms with Crippen LogP contribution in [0.3, 0.4) is 0 Å². The zero-order chi connectivity index (χ0) is 22.4. The van der Waals surface area contributed by atoms with Gasteiger partial charge >= 0.3 is 0 Å². The Morgan fingerprint density at radius 1 is 0.968 bits per heavy atom. The zero-order valence-electron chi connectivity index (χ0n) is 17.6. The Bertz CT molecular complexity index is 1050. The normalized spacial score (nSPS) is 10.4. The number of aryl methyl sites for hydroxylation is 1. The summed E-state index contributed by atoms with van der Waals surface area (Å²) in [4.78, 5) is 25.3. The topological polar surface area (TPSA) is 99.9 Å². The number of ether oxygens (including phenoxy) is 3. The van der Waals surface area contributed by atoms with Gasteiger partial charge in [0.05, 0.1) is 26.9 Å². The average molecular weight is 441 g/mol. The van der Waals surface area contributed by atoms with Gasteiger partial charge in [-0.3, -0.25) is 9.59 Å². The second-order valence-electron chi connectivity index (χ2n) is 6.67. The summed E-state index contributed by atoms with van der Waals surface area (Å²) in [7, 11) is 4.62. The standard InChI is InChI=1S/C23H24N2O5S/c1-28-17-11-14(12-18(29-2)21(17)30-3)9-10-20(26)25-23-16(22(24)27)13-19(31-23)15-7-5-4-6-8-15/h4-8,11-13H,9-10H2,1-3H3,(H2,24,27)(H,25,26). The molecule has 8 heteroatoms. The Labute approximate surface area is 184 Å². The predicted molar refractivity (Wildman–Crippen MR) is 121 cm³/mol. The summed E-state index contributed by atoms with van der Waals surface area (Å²) in [5, 5.41) is 3.27. The van der Waals surface area contributed by atoms with Crippen molar-refractivity contribution in [2.24, 2.45) is 5.73 Å². The van der Waals surface area contributed by atoms with E-state index in [1.54, 1.807) is 20.3 Å². The molecule has 3 N–H and O–H groups in total. The van der Waals surface area contributed by atoms with Crippen LogP contribution in [0.1, 0.15) is 22.3 Å². The van der Waals surface area contributed by atoms with E-state index >= 15 is 0 Å². The molecule has 0 fully saturated rings. The molecule has 3 rings (SSSR count). The lowest BCUT2D eigenvalue weighted by molar-refractivity contribution is -0.116. The maximum atomic E-state index is 12.6. The number of amides is 2. The molecule has 0 aliphatic rings. The number of nitrogens with two attached hydrogens (primary N) is 1. The minimum atomic E-state index is -0.585. The van der Waals surface area contributed by atoms with Gasteiger partial charge in [0.15, 0.2) is 11.5 Å². The Kier molecular flexibility index (Phi) is 7.15. The van der Waals surface area contributed by atoms with Crippen LogP contribution in [0.4, 0.5) is 5.00 Å². The van der Waals surface area contributed by atoms with Crippen molar-refractivity contribution in [3.8, 4) is 27.7 Å². The SMILES string of the molecule is COc1cc(CCC(=O)Nc2sc(-c3ccccc3)cc2C(N)=O)cc(OC)c1OC. The minimum Gasteiger partial charge on any atom is -0.493 e. The molecule has 7 nitrogen and oxygen atoms in total. The number of primary amides is 1. The number of carbonyl (C=O) groups excluding carboxylic acids is 2. The highest BCUT2D eigenvalue weighted by molar-refractivity contribution is 7.20. The van der Waals surface area contributed by atoms with Gasteiger partial charge in [0.25, 0.3) is 5.91 Å². The van der Waals surface area contributed by atoms with Gasteiger partial charge in [0, 0.05) is 11.3 Å². The monoisotopic (exact) mass is 440 g/mol. The first-order chi connectivity index (χ1) is 15.0. The van der Waals surface area contributed by atoms with Crippen LogP contribution in [-0.2, 0) is 11.2 Å². The van der Waals surface area contributed by atoms with E-state index in [0.29, 0.717) is 34.2 Å². The number of hydrogen-bond acceptors (Lipinski definition) is 6. The lowest BCUT2D eigenvalue weighted by atomic mass is 10.1. The molecule has 2 aromatic carbocycles. The Balaban J connectivity index is 1.74. The fourth-order valence-corrected chi connectivity index (χ4v) is 4.22. The molecule has 0 atom stereocenters. The van der Waals surface area contributed by atoms with Crippen LogP contribution in [0.25, 0.3) is 10.4 Å². The van der Waals surface area contributed by atoms with Crippen molar-refractivity contribution >= 4 is 28.2 Å². The zero-order valence-corrected chi connectivity index (χ0v) is 18.4. The van der Waals surface area contributed by atoms with Crippen molar-refractivity contribution in [3.63, 3.8) is 0 Å². The summed E-state index contributed by atoms with van der Waals surface area (Å²) in [5.74, 6) is 0.741. The van der Waals surface area contributed by atoms with Crippen LogP contribution in [-0.4, -0.2) is 33.1 Å². The first kappa shape index (κ1) is 22.2. The summed E-state index contributed by atoms with van der Waals surface area (Å²) in [6, 6.07) is 14.9. The van der Waals surface area contributed by atoms with Crippen molar-refractivity contribution in [1.29, 1.82) is 0 Å². The van der Waals surface area contributed by atoms with Gasteiger partial charge in [0.1, 0.15) is 5.00 Å². The van der Waals surface area contributed by atoms with Gasteiger partial charge in [0.2, 0.25) is 11.7 Å². The number of thiophene rings is 1. The maximum absolute atomic E-state index is 12.6. The number of carbonyl (C=O) groups is 2. The molecule has 0 aliphatic carbocycles. The number of methoxy groups -OCH3 is 3. The van der Waals surface area contributed by atoms with Crippen LogP contribution < -0.4 is 25.3 Å². The molecule has 2 amide bonds. The van der Waals surface area contributed by atoms with Crippen LogP contribution >= 0.6 is 11.3 Å². The van der Waals surface area contributed by atoms with Crippen molar-refractivity contribution in [3.05, 3.63) is 59.7 Å². The predicted octanol–water partition coefficient (Wildman–Crippen LogP) is 4.11. The van der Waals surface area contributed by atoms with E-state index in [1.165, 1.54) is 18.4 Å². The van der Waals surface area contributed by atoms with Gasteiger partial charge in [-0.05, 0) is 35.7 Å². The maximum Gasteiger partial charge on any atom is 0.251 e. The summed E-state index contributed by atoms with van der Waals surface area (Å²) in [6.07, 6.45) is 0.654. The first-order valence-corrected chi connectivity index (χ1v) is 10.4. The van der Waals surface area contributed by atoms with Gasteiger partial charge in [-0.2, -0.15) is 0 Å². The smallest absolute Gasteiger partial charge is 0.251 e. The molecule has 31 heavy (non-hydrogen) atoms. The Hall–Kier alpha value is -3.52. The highest BCUT2D eigenvalue weighted by atomic mass is 32.1. The molecule has 0 saturated carbocycles. The third-order valence-electron chi connectivity index (χ3n) is 4.67. The van der Waals surface area contributed by atoms with Crippen molar-refractivity contribution in [2.75, 3.05) is 26.6 Å². The van der Waals surface area contributed by atoms with Crippen molar-refractivity contribution < 1.29 is 23.8 Å². The fourth-order valence-electron chi connectivity index (χ4n) is 3.14. The van der Waals surface area contributed by atoms with E-state index in [1.807, 2.05) is 42.5 Å². The molecule has 162 valence electrons. The van der Waals surface area contributed by atoms with Crippen molar-refractivity contribution in [2.45, 2.75) is 12.8 Å². The molecule has 0 spiro atoms. The third-order valence-corrected chi connectivity index (χ3v) is 5.77. The fraction of sp³-hybridized carbons (Fsp3) is 0.217. The van der Waals surface area contributed by atoms with Crippen molar-refractivity contribution in [1.82, 2.24) is 0 Å². The average Bonchev–Trinajstić information content (AvgIpc) is 3.21. The minimum absolute atomic E-state index is 0.204. The summed E-state index contributed by atoms with van der Waals surface area (Å²) >= 11 is 1.32. The summed E-state index contributed by atoms with van der Waals surface area (Å²) < 4.78 is 16.0. The Morgan fingerprint density at radius 3 is 2.16 bits per heavy atom. The van der Waals surface area contributed by atoms with Crippen LogP contribution in [0.15, 0.2) is 48.5 Å². The van der Waals surface area contributed by atoms with Gasteiger partial charge in [-0.25, -0.2) is 0 Å². The van der Waals surface area contributed by atoms with Gasteiger partial charge < -0.3 is 25.3 Å². The van der Waals surface area contributed by atoms with E-state index in [2.05, 4.69) is 5.32 Å². The largest absolute Gasteiger partial charge is 0.493 e. The Morgan fingerprint density at radius 2 is 1.61 bits per heavy atom. The number of benzene rings is 2. The van der Waals surface area contributed by atoms with E-state index in [0.717, 1.165) is 16.0 Å². The van der Waals surface area contributed by atoms with E-state index < -0.39 is 5.91 Å². The second kappa shape index (κ2) is 9.99. The molecular weight excluding hydrogens is 416 g/mol. The lowest BCUT2D eigenvalue weighted by Crippen LogP contribution is -2.16. The van der Waals surface area contributed by atoms with E-state index in [4.69, 9.17) is 19.9 Å². The van der Waals surface area contributed by atoms with Crippen LogP contribution in [0, 0.1) is 0 Å². The molecule has 1 aromatic heterocycles. The number of hydrogen-bond donors (Lipinski definition) is 2. The highest BCUT2D eigenvalue weighted by Gasteiger charge is 2.18. The first-order valence-electron chi connectivity index (χ1n) is 9.54. The van der Waals surface area contributed by atoms with Gasteiger partial charge in [-0.1, -0.05) is 30.3 Å². The highest BCUT2D eigenvalue weighted by Crippen LogP contribution is 2.39. The van der Waals surface area contributed by atoms with Crippen LogP contribution in [0.2, 0.25) is 0 Å². The number of anilines is 1. The quantitative estimate of drug-likeness (QED) is 0.522. The molecule has 0 radical (unpaired) electrons. The van der Waals surface area contributed by atoms with Crippen LogP contribution in [0.5, 0.6) is 17.2 Å². The number of nitrogens with one attached hydrogen (secondary N) is 1. The lowest BCUT2D eigenvalue weighted by Gasteiger charge is -2.14. The molecular formula is C23H24N2O5S. The molecule has 0 saturated heterocycles. The summed E-state index contributed by atoms with van der Waals surface area (Å²) in [5.41, 5.74) is 7.62. The van der Waals surface area contributed by atoms with Gasteiger partial charge in [-0.15, -0.1) is 11.3 Å². The summed E-state index contributed by atoms with van der Waals surface area (Å²) in [6.45, 7) is 0. The molecule has 0 bridgehead atoms. The second-order valence-corrected chi connectivity index (χ2v) is 7.72. The number of rotatable bonds is 9.